The summed E-state index contributed by atoms with van der Waals surface area (Å²) in [5, 5.41) is 7.63. The van der Waals surface area contributed by atoms with Gasteiger partial charge >= 0.3 is 0 Å². The maximum Gasteiger partial charge on any atom is 0.227 e. The normalized spacial score (nSPS) is 16.8. The van der Waals surface area contributed by atoms with Gasteiger partial charge in [0.2, 0.25) is 5.91 Å². The van der Waals surface area contributed by atoms with E-state index in [4.69, 9.17) is 4.74 Å². The Bertz CT molecular complexity index is 922. The third kappa shape index (κ3) is 3.77. The third-order valence-corrected chi connectivity index (χ3v) is 5.12. The summed E-state index contributed by atoms with van der Waals surface area (Å²) >= 11 is 0. The SMILES string of the molecule is COc1ccccc1C1CNCCN1C(=O)Cc1ccc(-n2cccn2)cc1. The van der Waals surface area contributed by atoms with E-state index in [2.05, 4.69) is 10.4 Å². The zero-order valence-corrected chi connectivity index (χ0v) is 15.9. The maximum absolute atomic E-state index is 13.1. The van der Waals surface area contributed by atoms with Crippen molar-refractivity contribution in [1.82, 2.24) is 20.0 Å². The van der Waals surface area contributed by atoms with Crippen LogP contribution in [0.4, 0.5) is 0 Å². The lowest BCUT2D eigenvalue weighted by molar-refractivity contribution is -0.133. The van der Waals surface area contributed by atoms with Crippen LogP contribution in [0.1, 0.15) is 17.2 Å². The minimum absolute atomic E-state index is 0.0271. The summed E-state index contributed by atoms with van der Waals surface area (Å²) in [6, 6.07) is 17.8. The monoisotopic (exact) mass is 376 g/mol. The van der Waals surface area contributed by atoms with Crippen molar-refractivity contribution in [2.45, 2.75) is 12.5 Å². The van der Waals surface area contributed by atoms with Crippen molar-refractivity contribution >= 4 is 5.91 Å². The Morgan fingerprint density at radius 1 is 1.18 bits per heavy atom. The number of benzene rings is 2. The fourth-order valence-corrected chi connectivity index (χ4v) is 3.69. The standard InChI is InChI=1S/C22H24N4O2/c1-28-21-6-3-2-5-19(21)20-16-23-12-14-25(20)22(27)15-17-7-9-18(10-8-17)26-13-4-11-24-26/h2-11,13,20,23H,12,14-16H2,1H3. The number of para-hydroxylation sites is 1. The Labute approximate surface area is 164 Å². The molecule has 2 heterocycles. The predicted octanol–water partition coefficient (Wildman–Crippen LogP) is 2.60. The van der Waals surface area contributed by atoms with Gasteiger partial charge in [0.05, 0.1) is 25.3 Å². The Hall–Kier alpha value is -3.12. The molecule has 0 spiro atoms. The summed E-state index contributed by atoms with van der Waals surface area (Å²) in [7, 11) is 1.67. The molecule has 6 nitrogen and oxygen atoms in total. The highest BCUT2D eigenvalue weighted by atomic mass is 16.5. The van der Waals surface area contributed by atoms with Gasteiger partial charge < -0.3 is 15.0 Å². The van der Waals surface area contributed by atoms with Gasteiger partial charge in [-0.2, -0.15) is 5.10 Å². The average molecular weight is 376 g/mol. The summed E-state index contributed by atoms with van der Waals surface area (Å²) < 4.78 is 7.32. The zero-order valence-electron chi connectivity index (χ0n) is 15.9. The highest BCUT2D eigenvalue weighted by Gasteiger charge is 2.29. The van der Waals surface area contributed by atoms with Gasteiger partial charge in [0.25, 0.3) is 0 Å². The molecule has 144 valence electrons. The second kappa shape index (κ2) is 8.27. The molecule has 6 heteroatoms. The van der Waals surface area contributed by atoms with E-state index in [1.165, 1.54) is 0 Å². The van der Waals surface area contributed by atoms with E-state index in [9.17, 15) is 4.79 Å². The molecule has 1 aromatic heterocycles. The Morgan fingerprint density at radius 2 is 2.00 bits per heavy atom. The highest BCUT2D eigenvalue weighted by Crippen LogP contribution is 2.30. The lowest BCUT2D eigenvalue weighted by atomic mass is 10.0. The number of hydrogen-bond acceptors (Lipinski definition) is 4. The van der Waals surface area contributed by atoms with Gasteiger partial charge in [-0.3, -0.25) is 4.79 Å². The second-order valence-electron chi connectivity index (χ2n) is 6.84. The largest absolute Gasteiger partial charge is 0.496 e. The van der Waals surface area contributed by atoms with Crippen molar-refractivity contribution in [2.24, 2.45) is 0 Å². The quantitative estimate of drug-likeness (QED) is 0.744. The van der Waals surface area contributed by atoms with E-state index in [1.807, 2.05) is 65.7 Å². The number of ether oxygens (including phenoxy) is 1. The first kappa shape index (κ1) is 18.3. The van der Waals surface area contributed by atoms with Crippen molar-refractivity contribution in [2.75, 3.05) is 26.7 Å². The molecule has 4 rings (SSSR count). The van der Waals surface area contributed by atoms with Crippen LogP contribution < -0.4 is 10.1 Å². The molecule has 1 aliphatic rings. The second-order valence-corrected chi connectivity index (χ2v) is 6.84. The van der Waals surface area contributed by atoms with Gasteiger partial charge in [-0.1, -0.05) is 30.3 Å². The minimum atomic E-state index is -0.0271. The molecule has 0 saturated carbocycles. The van der Waals surface area contributed by atoms with Crippen LogP contribution >= 0.6 is 0 Å². The molecule has 1 N–H and O–H groups in total. The molecule has 1 fully saturated rings. The third-order valence-electron chi connectivity index (χ3n) is 5.12. The van der Waals surface area contributed by atoms with E-state index in [0.717, 1.165) is 35.7 Å². The van der Waals surface area contributed by atoms with Crippen LogP contribution in [0, 0.1) is 0 Å². The molecule has 1 saturated heterocycles. The number of methoxy groups -OCH3 is 1. The van der Waals surface area contributed by atoms with Crippen molar-refractivity contribution in [3.63, 3.8) is 0 Å². The van der Waals surface area contributed by atoms with Gasteiger partial charge in [0.15, 0.2) is 0 Å². The summed E-state index contributed by atoms with van der Waals surface area (Å²) in [6.45, 7) is 2.22. The predicted molar refractivity (Wildman–Crippen MR) is 108 cm³/mol. The fraction of sp³-hybridized carbons (Fsp3) is 0.273. The van der Waals surface area contributed by atoms with Gasteiger partial charge in [0.1, 0.15) is 5.75 Å². The maximum atomic E-state index is 13.1. The van der Waals surface area contributed by atoms with Crippen LogP contribution in [0.15, 0.2) is 67.0 Å². The topological polar surface area (TPSA) is 59.4 Å². The Kier molecular flexibility index (Phi) is 5.39. The number of carbonyl (C=O) groups is 1. The van der Waals surface area contributed by atoms with E-state index < -0.39 is 0 Å². The van der Waals surface area contributed by atoms with Crippen LogP contribution in [0.2, 0.25) is 0 Å². The number of nitrogens with zero attached hydrogens (tertiary/aromatic N) is 3. The molecule has 1 aliphatic heterocycles. The summed E-state index contributed by atoms with van der Waals surface area (Å²) in [5.74, 6) is 0.946. The van der Waals surface area contributed by atoms with Crippen molar-refractivity contribution < 1.29 is 9.53 Å². The number of amides is 1. The smallest absolute Gasteiger partial charge is 0.227 e. The van der Waals surface area contributed by atoms with Crippen molar-refractivity contribution in [1.29, 1.82) is 0 Å². The van der Waals surface area contributed by atoms with Crippen LogP contribution in [0.3, 0.4) is 0 Å². The first-order valence-corrected chi connectivity index (χ1v) is 9.48. The number of aromatic nitrogens is 2. The van der Waals surface area contributed by atoms with Gasteiger partial charge in [-0.25, -0.2) is 4.68 Å². The molecule has 0 bridgehead atoms. The van der Waals surface area contributed by atoms with E-state index in [1.54, 1.807) is 18.0 Å². The average Bonchev–Trinajstić information content (AvgIpc) is 3.29. The number of piperazine rings is 1. The molecule has 0 radical (unpaired) electrons. The van der Waals surface area contributed by atoms with E-state index in [-0.39, 0.29) is 11.9 Å². The summed E-state index contributed by atoms with van der Waals surface area (Å²) in [4.78, 5) is 15.1. The molecule has 28 heavy (non-hydrogen) atoms. The molecule has 1 atom stereocenters. The molecule has 3 aromatic rings. The first-order chi connectivity index (χ1) is 13.8. The Balaban J connectivity index is 1.51. The summed E-state index contributed by atoms with van der Waals surface area (Å²) in [5.41, 5.74) is 3.02. The van der Waals surface area contributed by atoms with E-state index >= 15 is 0 Å². The van der Waals surface area contributed by atoms with Crippen molar-refractivity contribution in [3.8, 4) is 11.4 Å². The molecule has 2 aromatic carbocycles. The number of carbonyl (C=O) groups excluding carboxylic acids is 1. The van der Waals surface area contributed by atoms with Gasteiger partial charge in [-0.05, 0) is 29.8 Å². The lowest BCUT2D eigenvalue weighted by Gasteiger charge is -2.37. The van der Waals surface area contributed by atoms with Gasteiger partial charge in [0, 0.05) is 37.6 Å². The van der Waals surface area contributed by atoms with Crippen LogP contribution in [0.5, 0.6) is 5.75 Å². The van der Waals surface area contributed by atoms with Crippen LogP contribution in [-0.2, 0) is 11.2 Å². The minimum Gasteiger partial charge on any atom is -0.496 e. The number of rotatable bonds is 5. The molecule has 1 unspecified atom stereocenters. The Morgan fingerprint density at radius 3 is 2.75 bits per heavy atom. The number of hydrogen-bond donors (Lipinski definition) is 1. The summed E-state index contributed by atoms with van der Waals surface area (Å²) in [6.07, 6.45) is 4.03. The number of nitrogens with one attached hydrogen (secondary N) is 1. The molecule has 1 amide bonds. The highest BCUT2D eigenvalue weighted by molar-refractivity contribution is 5.79. The zero-order chi connectivity index (χ0) is 19.3. The van der Waals surface area contributed by atoms with Gasteiger partial charge in [-0.15, -0.1) is 0 Å². The van der Waals surface area contributed by atoms with Crippen molar-refractivity contribution in [3.05, 3.63) is 78.1 Å². The van der Waals surface area contributed by atoms with E-state index in [0.29, 0.717) is 13.0 Å². The molecule has 0 aliphatic carbocycles. The first-order valence-electron chi connectivity index (χ1n) is 9.48. The van der Waals surface area contributed by atoms with Crippen LogP contribution in [-0.4, -0.2) is 47.3 Å². The van der Waals surface area contributed by atoms with Crippen LogP contribution in [0.25, 0.3) is 5.69 Å². The molecular weight excluding hydrogens is 352 g/mol. The lowest BCUT2D eigenvalue weighted by Crippen LogP contribution is -2.49. The fourth-order valence-electron chi connectivity index (χ4n) is 3.69. The molecular formula is C22H24N4O2.